The molecule has 0 radical (unpaired) electrons. The molecule has 0 saturated carbocycles. The van der Waals surface area contributed by atoms with E-state index >= 15 is 0 Å². The Kier molecular flexibility index (Phi) is 5.83. The van der Waals surface area contributed by atoms with Gasteiger partial charge in [0.15, 0.2) is 5.17 Å². The first-order valence-corrected chi connectivity index (χ1v) is 10.6. The molecule has 158 valence electrons. The third-order valence-electron chi connectivity index (χ3n) is 4.75. The van der Waals surface area contributed by atoms with Gasteiger partial charge in [0.25, 0.3) is 5.91 Å². The molecule has 0 bridgehead atoms. The fourth-order valence-electron chi connectivity index (χ4n) is 3.15. The summed E-state index contributed by atoms with van der Waals surface area (Å²) in [5.41, 5.74) is 2.59. The Morgan fingerprint density at radius 1 is 1.00 bits per heavy atom. The molecule has 0 aromatic heterocycles. The zero-order valence-electron chi connectivity index (χ0n) is 18.1. The molecule has 1 aliphatic heterocycles. The normalized spacial score (nSPS) is 17.6. The summed E-state index contributed by atoms with van der Waals surface area (Å²) in [6.07, 6.45) is 1.82. The van der Waals surface area contributed by atoms with Gasteiger partial charge in [0.2, 0.25) is 0 Å². The highest BCUT2D eigenvalue weighted by Gasteiger charge is 2.28. The maximum Gasteiger partial charge on any atom is 0.264 e. The summed E-state index contributed by atoms with van der Waals surface area (Å²) in [7, 11) is 0. The number of carbonyl (C=O) groups is 1. The van der Waals surface area contributed by atoms with Gasteiger partial charge in [-0.25, -0.2) is 9.38 Å². The summed E-state index contributed by atoms with van der Waals surface area (Å²) >= 11 is 1.24. The summed E-state index contributed by atoms with van der Waals surface area (Å²) in [4.78, 5) is 17.4. The van der Waals surface area contributed by atoms with Gasteiger partial charge in [0.1, 0.15) is 11.6 Å². The van der Waals surface area contributed by atoms with E-state index in [0.29, 0.717) is 21.5 Å². The minimum atomic E-state index is -0.334. The van der Waals surface area contributed by atoms with Crippen molar-refractivity contribution in [2.24, 2.45) is 4.99 Å². The molecule has 30 heavy (non-hydrogen) atoms. The molecule has 2 aromatic carbocycles. The molecule has 6 heteroatoms. The highest BCUT2D eigenvalue weighted by molar-refractivity contribution is 8.18. The average molecular weight is 427 g/mol. The van der Waals surface area contributed by atoms with Crippen molar-refractivity contribution in [1.82, 2.24) is 5.32 Å². The second-order valence-corrected chi connectivity index (χ2v) is 10.5. The number of hydrogen-bond donors (Lipinski definition) is 2. The Labute approximate surface area is 181 Å². The van der Waals surface area contributed by atoms with Crippen LogP contribution in [0.2, 0.25) is 0 Å². The van der Waals surface area contributed by atoms with E-state index in [2.05, 4.69) is 51.9 Å². The lowest BCUT2D eigenvalue weighted by molar-refractivity contribution is -0.115. The number of benzene rings is 2. The molecule has 1 amide bonds. The molecule has 1 saturated heterocycles. The van der Waals surface area contributed by atoms with Crippen molar-refractivity contribution in [3.05, 3.63) is 63.8 Å². The first-order chi connectivity index (χ1) is 13.8. The van der Waals surface area contributed by atoms with E-state index in [-0.39, 0.29) is 22.6 Å². The number of aliphatic imine (C=N–C) groups is 1. The molecular weight excluding hydrogens is 399 g/mol. The monoisotopic (exact) mass is 426 g/mol. The Morgan fingerprint density at radius 3 is 2.03 bits per heavy atom. The SMILES string of the molecule is CC(C)(C)c1cc(/C=C2/SC(=Nc3ccc(F)cc3)NC2=O)cc(C(C)(C)C)c1O. The Balaban J connectivity index is 2.00. The van der Waals surface area contributed by atoms with Crippen LogP contribution in [0.1, 0.15) is 58.2 Å². The van der Waals surface area contributed by atoms with Crippen molar-refractivity contribution in [3.8, 4) is 5.75 Å². The van der Waals surface area contributed by atoms with E-state index in [1.807, 2.05) is 18.2 Å². The number of nitrogens with zero attached hydrogens (tertiary/aromatic N) is 1. The summed E-state index contributed by atoms with van der Waals surface area (Å²) < 4.78 is 13.1. The Bertz CT molecular complexity index is 1010. The zero-order valence-corrected chi connectivity index (χ0v) is 18.9. The maximum absolute atomic E-state index is 13.1. The van der Waals surface area contributed by atoms with Crippen LogP contribution in [0.3, 0.4) is 0 Å². The van der Waals surface area contributed by atoms with Gasteiger partial charge in [-0.15, -0.1) is 0 Å². The van der Waals surface area contributed by atoms with Gasteiger partial charge in [-0.05, 0) is 70.6 Å². The molecule has 0 aliphatic carbocycles. The molecule has 4 nitrogen and oxygen atoms in total. The molecule has 3 rings (SSSR count). The highest BCUT2D eigenvalue weighted by Crippen LogP contribution is 2.40. The number of thioether (sulfide) groups is 1. The molecule has 0 spiro atoms. The van der Waals surface area contributed by atoms with Crippen LogP contribution >= 0.6 is 11.8 Å². The van der Waals surface area contributed by atoms with Crippen LogP contribution < -0.4 is 5.32 Å². The third-order valence-corrected chi connectivity index (χ3v) is 5.66. The molecular formula is C24H27FN2O2S. The summed E-state index contributed by atoms with van der Waals surface area (Å²) in [6, 6.07) is 9.64. The fourth-order valence-corrected chi connectivity index (χ4v) is 3.99. The fraction of sp³-hybridized carbons (Fsp3) is 0.333. The van der Waals surface area contributed by atoms with E-state index in [1.54, 1.807) is 12.1 Å². The summed E-state index contributed by atoms with van der Waals surface area (Å²) in [6.45, 7) is 12.3. The van der Waals surface area contributed by atoms with Crippen LogP contribution in [-0.2, 0) is 15.6 Å². The van der Waals surface area contributed by atoms with Gasteiger partial charge in [-0.3, -0.25) is 4.79 Å². The average Bonchev–Trinajstić information content (AvgIpc) is 2.95. The van der Waals surface area contributed by atoms with Crippen molar-refractivity contribution >= 4 is 34.6 Å². The lowest BCUT2D eigenvalue weighted by atomic mass is 9.78. The number of amidine groups is 1. The highest BCUT2D eigenvalue weighted by atomic mass is 32.2. The molecule has 0 unspecified atom stereocenters. The number of phenolic OH excluding ortho intramolecular Hbond substituents is 1. The minimum absolute atomic E-state index is 0.233. The largest absolute Gasteiger partial charge is 0.507 e. The second-order valence-electron chi connectivity index (χ2n) is 9.42. The topological polar surface area (TPSA) is 61.7 Å². The van der Waals surface area contributed by atoms with Crippen molar-refractivity contribution in [1.29, 1.82) is 0 Å². The number of aromatic hydroxyl groups is 1. The number of nitrogens with one attached hydrogen (secondary N) is 1. The lowest BCUT2D eigenvalue weighted by Gasteiger charge is -2.28. The van der Waals surface area contributed by atoms with Crippen LogP contribution in [0, 0.1) is 5.82 Å². The van der Waals surface area contributed by atoms with Crippen molar-refractivity contribution in [2.75, 3.05) is 0 Å². The van der Waals surface area contributed by atoms with Crippen LogP contribution in [0.5, 0.6) is 5.75 Å². The Hall–Kier alpha value is -2.60. The number of rotatable bonds is 2. The van der Waals surface area contributed by atoms with E-state index in [9.17, 15) is 14.3 Å². The summed E-state index contributed by atoms with van der Waals surface area (Å²) in [5, 5.41) is 14.1. The molecule has 1 fully saturated rings. The molecule has 2 N–H and O–H groups in total. The van der Waals surface area contributed by atoms with Crippen molar-refractivity contribution < 1.29 is 14.3 Å². The van der Waals surface area contributed by atoms with Gasteiger partial charge in [0.05, 0.1) is 10.6 Å². The smallest absolute Gasteiger partial charge is 0.264 e. The van der Waals surface area contributed by atoms with Gasteiger partial charge in [0, 0.05) is 11.1 Å². The summed E-state index contributed by atoms with van der Waals surface area (Å²) in [5.74, 6) is -0.262. The number of hydrogen-bond acceptors (Lipinski definition) is 4. The molecule has 2 aromatic rings. The van der Waals surface area contributed by atoms with Crippen molar-refractivity contribution in [3.63, 3.8) is 0 Å². The van der Waals surface area contributed by atoms with E-state index in [1.165, 1.54) is 23.9 Å². The van der Waals surface area contributed by atoms with E-state index in [0.717, 1.165) is 16.7 Å². The predicted octanol–water partition coefficient (Wildman–Crippen LogP) is 6.02. The quantitative estimate of drug-likeness (QED) is 0.578. The lowest BCUT2D eigenvalue weighted by Crippen LogP contribution is -2.19. The standard InChI is InChI=1S/C24H27FN2O2S/c1-23(2,3)17-11-14(12-18(20(17)28)24(4,5)6)13-19-21(29)27-22(30-19)26-16-9-7-15(25)8-10-16/h7-13,28H,1-6H3,(H,26,27,29)/b19-13+. The van der Waals surface area contributed by atoms with Crippen LogP contribution in [0.25, 0.3) is 6.08 Å². The zero-order chi connectivity index (χ0) is 22.3. The second kappa shape index (κ2) is 7.91. The maximum atomic E-state index is 13.1. The number of amides is 1. The minimum Gasteiger partial charge on any atom is -0.507 e. The van der Waals surface area contributed by atoms with Crippen LogP contribution in [0.4, 0.5) is 10.1 Å². The van der Waals surface area contributed by atoms with Gasteiger partial charge < -0.3 is 10.4 Å². The number of halogens is 1. The van der Waals surface area contributed by atoms with Crippen molar-refractivity contribution in [2.45, 2.75) is 52.4 Å². The first kappa shape index (κ1) is 22.1. The molecule has 0 atom stereocenters. The predicted molar refractivity (Wildman–Crippen MR) is 123 cm³/mol. The van der Waals surface area contributed by atoms with Crippen LogP contribution in [0.15, 0.2) is 46.3 Å². The third kappa shape index (κ3) is 4.93. The first-order valence-electron chi connectivity index (χ1n) is 9.78. The van der Waals surface area contributed by atoms with E-state index < -0.39 is 0 Å². The molecule has 1 aliphatic rings. The van der Waals surface area contributed by atoms with E-state index in [4.69, 9.17) is 0 Å². The number of phenols is 1. The number of carbonyl (C=O) groups excluding carboxylic acids is 1. The Morgan fingerprint density at radius 2 is 1.53 bits per heavy atom. The molecule has 1 heterocycles. The van der Waals surface area contributed by atoms with Gasteiger partial charge >= 0.3 is 0 Å². The van der Waals surface area contributed by atoms with Gasteiger partial charge in [-0.2, -0.15) is 0 Å². The van der Waals surface area contributed by atoms with Gasteiger partial charge in [-0.1, -0.05) is 41.5 Å². The van der Waals surface area contributed by atoms with Crippen LogP contribution in [-0.4, -0.2) is 16.2 Å².